The van der Waals surface area contributed by atoms with E-state index in [9.17, 15) is 9.59 Å². The zero-order chi connectivity index (χ0) is 23.1. The van der Waals surface area contributed by atoms with Crippen LogP contribution in [0.15, 0.2) is 42.6 Å². The fraction of sp³-hybridized carbons (Fsp3) is 0.375. The van der Waals surface area contributed by atoms with Crippen molar-refractivity contribution in [3.63, 3.8) is 0 Å². The summed E-state index contributed by atoms with van der Waals surface area (Å²) < 4.78 is 6.84. The number of esters is 1. The van der Waals surface area contributed by atoms with Crippen molar-refractivity contribution in [2.24, 2.45) is 11.7 Å². The van der Waals surface area contributed by atoms with Gasteiger partial charge in [0.05, 0.1) is 17.9 Å². The van der Waals surface area contributed by atoms with Gasteiger partial charge in [-0.15, -0.1) is 0 Å². The van der Waals surface area contributed by atoms with E-state index in [-0.39, 0.29) is 18.4 Å². The number of nitrogens with zero attached hydrogens (tertiary/aromatic N) is 2. The molecule has 170 valence electrons. The summed E-state index contributed by atoms with van der Waals surface area (Å²) in [5, 5.41) is 6.11. The first-order chi connectivity index (χ1) is 15.4. The largest absolute Gasteiger partial charge is 0.465 e. The molecule has 2 aromatic heterocycles. The van der Waals surface area contributed by atoms with Crippen molar-refractivity contribution < 1.29 is 14.3 Å². The van der Waals surface area contributed by atoms with Crippen LogP contribution in [-0.2, 0) is 29.0 Å². The van der Waals surface area contributed by atoms with Crippen LogP contribution >= 0.6 is 0 Å². The number of ether oxygens (including phenoxy) is 1. The lowest BCUT2D eigenvalue weighted by molar-refractivity contribution is -0.140. The fourth-order valence-electron chi connectivity index (χ4n) is 3.52. The number of nitrogens with one attached hydrogen (secondary N) is 2. The van der Waals surface area contributed by atoms with Crippen molar-refractivity contribution in [2.45, 2.75) is 40.3 Å². The predicted octanol–water partition coefficient (Wildman–Crippen LogP) is 2.90. The number of amides is 1. The zero-order valence-electron chi connectivity index (χ0n) is 18.9. The van der Waals surface area contributed by atoms with E-state index in [4.69, 9.17) is 15.5 Å². The number of imidazole rings is 1. The molecule has 2 heterocycles. The van der Waals surface area contributed by atoms with E-state index in [2.05, 4.69) is 24.5 Å². The summed E-state index contributed by atoms with van der Waals surface area (Å²) in [4.78, 5) is 29.6. The minimum atomic E-state index is -0.341. The highest BCUT2D eigenvalue weighted by atomic mass is 16.5. The van der Waals surface area contributed by atoms with Crippen molar-refractivity contribution in [3.8, 4) is 0 Å². The van der Waals surface area contributed by atoms with Crippen LogP contribution in [0.5, 0.6) is 0 Å². The minimum Gasteiger partial charge on any atom is -0.465 e. The molecule has 0 fully saturated rings. The van der Waals surface area contributed by atoms with Crippen LogP contribution in [0.3, 0.4) is 0 Å². The zero-order valence-corrected chi connectivity index (χ0v) is 18.9. The maximum absolute atomic E-state index is 13.0. The molecule has 0 bridgehead atoms. The van der Waals surface area contributed by atoms with Crippen LogP contribution in [0, 0.1) is 5.92 Å². The Morgan fingerprint density at radius 2 is 1.97 bits per heavy atom. The van der Waals surface area contributed by atoms with Gasteiger partial charge in [-0.1, -0.05) is 38.1 Å². The minimum absolute atomic E-state index is 0.0284. The van der Waals surface area contributed by atoms with E-state index < -0.39 is 0 Å². The van der Waals surface area contributed by atoms with E-state index in [1.54, 1.807) is 19.1 Å². The van der Waals surface area contributed by atoms with Crippen molar-refractivity contribution in [1.29, 1.82) is 0 Å². The fourth-order valence-corrected chi connectivity index (χ4v) is 3.52. The molecular formula is C24H31N5O3. The number of nitrogens with two attached hydrogens (primary N) is 1. The van der Waals surface area contributed by atoms with Gasteiger partial charge in [0.1, 0.15) is 12.4 Å². The van der Waals surface area contributed by atoms with Crippen LogP contribution in [0.25, 0.3) is 5.65 Å². The number of benzene rings is 1. The Hall–Kier alpha value is -3.39. The molecule has 0 atom stereocenters. The lowest BCUT2D eigenvalue weighted by Gasteiger charge is -2.10. The number of rotatable bonds is 10. The normalized spacial score (nSPS) is 11.0. The molecule has 8 nitrogen and oxygen atoms in total. The Kier molecular flexibility index (Phi) is 7.83. The monoisotopic (exact) mass is 437 g/mol. The molecule has 3 aromatic rings. The molecular weight excluding hydrogens is 406 g/mol. The second kappa shape index (κ2) is 10.8. The van der Waals surface area contributed by atoms with Gasteiger partial charge in [-0.05, 0) is 42.5 Å². The highest BCUT2D eigenvalue weighted by molar-refractivity contribution is 6.00. The van der Waals surface area contributed by atoms with Crippen LogP contribution in [0.2, 0.25) is 0 Å². The molecule has 32 heavy (non-hydrogen) atoms. The van der Waals surface area contributed by atoms with Gasteiger partial charge < -0.3 is 21.1 Å². The third-order valence-electron chi connectivity index (χ3n) is 4.95. The SMILES string of the molecule is CCOC(=O)CNc1c(CC(C)C)nc2c(C(=O)NCc3cccc(CN)c3)cccn12. The highest BCUT2D eigenvalue weighted by Gasteiger charge is 2.19. The number of carbonyl (C=O) groups is 2. The standard InChI is InChI=1S/C24H31N5O3/c1-4-32-21(30)15-26-23-20(11-16(2)3)28-22-19(9-6-10-29(22)23)24(31)27-14-18-8-5-7-17(12-18)13-25/h5-10,12,16,26H,4,11,13-15,25H2,1-3H3,(H,27,31). The smallest absolute Gasteiger partial charge is 0.325 e. The van der Waals surface area contributed by atoms with Gasteiger partial charge >= 0.3 is 5.97 Å². The molecule has 0 aliphatic rings. The summed E-state index contributed by atoms with van der Waals surface area (Å²) in [6.45, 7) is 7.17. The Morgan fingerprint density at radius 1 is 1.19 bits per heavy atom. The topological polar surface area (TPSA) is 111 Å². The lowest BCUT2D eigenvalue weighted by Crippen LogP contribution is -2.23. The Balaban J connectivity index is 1.86. The number of aromatic nitrogens is 2. The molecule has 1 aromatic carbocycles. The quantitative estimate of drug-likeness (QED) is 0.421. The Labute approximate surface area is 188 Å². The third-order valence-corrected chi connectivity index (χ3v) is 4.95. The molecule has 0 unspecified atom stereocenters. The average molecular weight is 438 g/mol. The maximum atomic E-state index is 13.0. The number of hydrogen-bond donors (Lipinski definition) is 3. The molecule has 0 saturated heterocycles. The van der Waals surface area contributed by atoms with Crippen LogP contribution in [0.1, 0.15) is 48.0 Å². The molecule has 4 N–H and O–H groups in total. The van der Waals surface area contributed by atoms with Crippen molar-refractivity contribution >= 4 is 23.3 Å². The molecule has 0 saturated carbocycles. The van der Waals surface area contributed by atoms with Gasteiger partial charge in [0.15, 0.2) is 5.65 Å². The van der Waals surface area contributed by atoms with Crippen LogP contribution < -0.4 is 16.4 Å². The van der Waals surface area contributed by atoms with E-state index in [1.807, 2.05) is 34.9 Å². The first-order valence-corrected chi connectivity index (χ1v) is 10.9. The average Bonchev–Trinajstić information content (AvgIpc) is 3.12. The molecule has 1 amide bonds. The second-order valence-electron chi connectivity index (χ2n) is 7.99. The van der Waals surface area contributed by atoms with Crippen LogP contribution in [-0.4, -0.2) is 34.4 Å². The van der Waals surface area contributed by atoms with Crippen molar-refractivity contribution in [3.05, 3.63) is 65.0 Å². The van der Waals surface area contributed by atoms with Gasteiger partial charge in [-0.3, -0.25) is 14.0 Å². The maximum Gasteiger partial charge on any atom is 0.325 e. The van der Waals surface area contributed by atoms with E-state index in [0.717, 1.165) is 16.8 Å². The summed E-state index contributed by atoms with van der Waals surface area (Å²) in [7, 11) is 0. The van der Waals surface area contributed by atoms with Crippen molar-refractivity contribution in [2.75, 3.05) is 18.5 Å². The Bertz CT molecular complexity index is 1090. The molecule has 0 aliphatic heterocycles. The summed E-state index contributed by atoms with van der Waals surface area (Å²) in [6.07, 6.45) is 2.54. The molecule has 0 spiro atoms. The second-order valence-corrected chi connectivity index (χ2v) is 7.99. The molecule has 0 aliphatic carbocycles. The van der Waals surface area contributed by atoms with Crippen LogP contribution in [0.4, 0.5) is 5.82 Å². The number of carbonyl (C=O) groups excluding carboxylic acids is 2. The first kappa shape index (κ1) is 23.3. The number of hydrogen-bond acceptors (Lipinski definition) is 6. The predicted molar refractivity (Wildman–Crippen MR) is 124 cm³/mol. The van der Waals surface area contributed by atoms with Gasteiger partial charge in [0.25, 0.3) is 5.91 Å². The van der Waals surface area contributed by atoms with E-state index >= 15 is 0 Å². The number of pyridine rings is 1. The highest BCUT2D eigenvalue weighted by Crippen LogP contribution is 2.23. The van der Waals surface area contributed by atoms with E-state index in [0.29, 0.717) is 49.1 Å². The van der Waals surface area contributed by atoms with Gasteiger partial charge in [0.2, 0.25) is 0 Å². The summed E-state index contributed by atoms with van der Waals surface area (Å²) in [6, 6.07) is 11.4. The summed E-state index contributed by atoms with van der Waals surface area (Å²) in [5.74, 6) is 0.501. The van der Waals surface area contributed by atoms with Gasteiger partial charge in [-0.25, -0.2) is 4.98 Å². The Morgan fingerprint density at radius 3 is 2.69 bits per heavy atom. The summed E-state index contributed by atoms with van der Waals surface area (Å²) >= 11 is 0. The van der Waals surface area contributed by atoms with Gasteiger partial charge in [-0.2, -0.15) is 0 Å². The molecule has 8 heteroatoms. The first-order valence-electron chi connectivity index (χ1n) is 10.9. The third kappa shape index (κ3) is 5.64. The summed E-state index contributed by atoms with van der Waals surface area (Å²) in [5.41, 5.74) is 9.52. The lowest BCUT2D eigenvalue weighted by atomic mass is 10.1. The van der Waals surface area contributed by atoms with Gasteiger partial charge in [0, 0.05) is 19.3 Å². The molecule has 0 radical (unpaired) electrons. The number of fused-ring (bicyclic) bond motifs is 1. The number of anilines is 1. The molecule has 3 rings (SSSR count). The van der Waals surface area contributed by atoms with Crippen molar-refractivity contribution in [1.82, 2.24) is 14.7 Å². The van der Waals surface area contributed by atoms with E-state index in [1.165, 1.54) is 0 Å².